The molecule has 33 heavy (non-hydrogen) atoms. The van der Waals surface area contributed by atoms with E-state index in [0.717, 1.165) is 17.2 Å². The van der Waals surface area contributed by atoms with Crippen LogP contribution in [0.1, 0.15) is 16.7 Å². The Hall–Kier alpha value is -1.63. The van der Waals surface area contributed by atoms with Crippen molar-refractivity contribution in [1.29, 1.82) is 0 Å². The lowest BCUT2D eigenvalue weighted by Gasteiger charge is -2.13. The van der Waals surface area contributed by atoms with Crippen molar-refractivity contribution in [2.45, 2.75) is 6.61 Å². The van der Waals surface area contributed by atoms with Gasteiger partial charge in [-0.2, -0.15) is 0 Å². The average Bonchev–Trinajstić information content (AvgIpc) is 3.14. The topological polar surface area (TPSA) is 57.1 Å². The number of nitrogens with zero attached hydrogens (tertiary/aromatic N) is 1. The molecule has 3 aromatic carbocycles. The minimum atomic E-state index is -0.534. The van der Waals surface area contributed by atoms with Crippen molar-refractivity contribution < 1.29 is 19.0 Å². The fraction of sp³-hybridized carbons (Fsp3) is 0.0833. The molecule has 5 nitrogen and oxygen atoms in total. The summed E-state index contributed by atoms with van der Waals surface area (Å²) in [6.07, 6.45) is 1.61. The van der Waals surface area contributed by atoms with E-state index in [4.69, 9.17) is 25.8 Å². The number of carbonyl (C=O) groups is 1. The fourth-order valence-electron chi connectivity index (χ4n) is 3.07. The van der Waals surface area contributed by atoms with Gasteiger partial charge in [0.1, 0.15) is 6.61 Å². The molecule has 0 saturated heterocycles. The summed E-state index contributed by atoms with van der Waals surface area (Å²) < 4.78 is 19.9. The zero-order valence-corrected chi connectivity index (χ0v) is 23.7. The van der Waals surface area contributed by atoms with Gasteiger partial charge in [0.2, 0.25) is 5.90 Å². The van der Waals surface area contributed by atoms with E-state index in [-0.39, 0.29) is 11.6 Å². The quantitative estimate of drug-likeness (QED) is 0.152. The monoisotopic (exact) mass is 749 g/mol. The van der Waals surface area contributed by atoms with E-state index in [0.29, 0.717) is 34.3 Å². The first-order valence-electron chi connectivity index (χ1n) is 9.57. The van der Waals surface area contributed by atoms with E-state index in [9.17, 15) is 4.79 Å². The maximum Gasteiger partial charge on any atom is 0.363 e. The van der Waals surface area contributed by atoms with Crippen molar-refractivity contribution in [2.24, 2.45) is 4.99 Å². The normalized spacial score (nSPS) is 14.3. The van der Waals surface area contributed by atoms with Gasteiger partial charge in [-0.05, 0) is 121 Å². The van der Waals surface area contributed by atoms with E-state index >= 15 is 0 Å². The molecule has 0 spiro atoms. The standard InChI is InChI=1S/C24H15BrClI2NO4/c1-31-21-10-14(8-18(26)22(21)32-12-13-3-2-4-16(27)7-13)9-20-24(30)33-23(29-20)15-5-6-19(28)17(25)11-15/h2-11H,12H2,1H3/b20-9-. The molecule has 168 valence electrons. The Bertz CT molecular complexity index is 1310. The average molecular weight is 751 g/mol. The maximum absolute atomic E-state index is 12.4. The van der Waals surface area contributed by atoms with Crippen LogP contribution in [0, 0.1) is 7.14 Å². The van der Waals surface area contributed by atoms with Gasteiger partial charge in [0.15, 0.2) is 17.2 Å². The van der Waals surface area contributed by atoms with Gasteiger partial charge in [-0.25, -0.2) is 9.79 Å². The smallest absolute Gasteiger partial charge is 0.363 e. The van der Waals surface area contributed by atoms with Crippen molar-refractivity contribution in [2.75, 3.05) is 7.11 Å². The molecule has 3 aromatic rings. The number of esters is 1. The van der Waals surface area contributed by atoms with Crippen LogP contribution in [0.5, 0.6) is 11.5 Å². The second-order valence-electron chi connectivity index (χ2n) is 6.92. The summed E-state index contributed by atoms with van der Waals surface area (Å²) in [7, 11) is 1.54. The minimum Gasteiger partial charge on any atom is -0.493 e. The highest BCUT2D eigenvalue weighted by molar-refractivity contribution is 14.1. The first kappa shape index (κ1) is 24.5. The number of methoxy groups -OCH3 is 1. The first-order valence-corrected chi connectivity index (χ1v) is 12.9. The Morgan fingerprint density at radius 2 is 1.97 bits per heavy atom. The molecule has 1 heterocycles. The van der Waals surface area contributed by atoms with E-state index in [1.165, 1.54) is 7.11 Å². The van der Waals surface area contributed by atoms with Crippen LogP contribution >= 0.6 is 72.7 Å². The summed E-state index contributed by atoms with van der Waals surface area (Å²) in [6, 6.07) is 17.1. The molecule has 0 atom stereocenters. The third-order valence-electron chi connectivity index (χ3n) is 4.61. The van der Waals surface area contributed by atoms with Crippen molar-refractivity contribution in [3.63, 3.8) is 0 Å². The molecule has 0 aromatic heterocycles. The number of ether oxygens (including phenoxy) is 3. The molecule has 0 bridgehead atoms. The zero-order valence-electron chi connectivity index (χ0n) is 17.1. The maximum atomic E-state index is 12.4. The van der Waals surface area contributed by atoms with Crippen LogP contribution in [0.15, 0.2) is 69.8 Å². The molecule has 0 fully saturated rings. The van der Waals surface area contributed by atoms with Crippen molar-refractivity contribution >= 4 is 90.7 Å². The second kappa shape index (κ2) is 10.7. The van der Waals surface area contributed by atoms with Gasteiger partial charge >= 0.3 is 5.97 Å². The van der Waals surface area contributed by atoms with Gasteiger partial charge < -0.3 is 14.2 Å². The van der Waals surface area contributed by atoms with Crippen molar-refractivity contribution in [3.8, 4) is 11.5 Å². The molecule has 0 unspecified atom stereocenters. The molecule has 0 radical (unpaired) electrons. The largest absolute Gasteiger partial charge is 0.493 e. The lowest BCUT2D eigenvalue weighted by Crippen LogP contribution is -2.05. The van der Waals surface area contributed by atoms with Gasteiger partial charge in [0.25, 0.3) is 0 Å². The molecule has 4 rings (SSSR count). The number of hydrogen-bond acceptors (Lipinski definition) is 5. The summed E-state index contributed by atoms with van der Waals surface area (Å²) >= 11 is 14.4. The van der Waals surface area contributed by atoms with Gasteiger partial charge in [0.05, 0.1) is 12.1 Å². The Morgan fingerprint density at radius 3 is 2.70 bits per heavy atom. The number of hydrogen-bond donors (Lipinski definition) is 0. The number of carbonyl (C=O) groups excluding carboxylic acids is 1. The van der Waals surface area contributed by atoms with Crippen LogP contribution in [0.3, 0.4) is 0 Å². The highest BCUT2D eigenvalue weighted by atomic mass is 127. The predicted molar refractivity (Wildman–Crippen MR) is 149 cm³/mol. The summed E-state index contributed by atoms with van der Waals surface area (Å²) in [5.41, 5.74) is 2.53. The van der Waals surface area contributed by atoms with Gasteiger partial charge in [-0.1, -0.05) is 23.7 Å². The van der Waals surface area contributed by atoms with Crippen LogP contribution in [-0.4, -0.2) is 19.0 Å². The summed E-state index contributed by atoms with van der Waals surface area (Å²) in [6.45, 7) is 0.346. The SMILES string of the molecule is COc1cc(/C=C2\N=C(c3ccc(I)c(Br)c3)OC2=O)cc(Cl)c1OCc1cccc(I)c1. The third-order valence-corrected chi connectivity index (χ3v) is 7.90. The number of benzene rings is 3. The summed E-state index contributed by atoms with van der Waals surface area (Å²) in [4.78, 5) is 16.8. The van der Waals surface area contributed by atoms with Gasteiger partial charge in [0, 0.05) is 17.2 Å². The molecule has 9 heteroatoms. The fourth-order valence-corrected chi connectivity index (χ4v) is 4.66. The molecule has 0 N–H and O–H groups in total. The lowest BCUT2D eigenvalue weighted by molar-refractivity contribution is -0.129. The number of rotatable bonds is 6. The second-order valence-corrected chi connectivity index (χ2v) is 10.6. The molecule has 1 aliphatic rings. The Labute approximate surface area is 231 Å². The molecule has 1 aliphatic heterocycles. The molecular weight excluding hydrogens is 735 g/mol. The van der Waals surface area contributed by atoms with E-state index < -0.39 is 5.97 Å². The van der Waals surface area contributed by atoms with Gasteiger partial charge in [-0.3, -0.25) is 0 Å². The number of halogens is 4. The molecule has 0 amide bonds. The lowest BCUT2D eigenvalue weighted by atomic mass is 10.1. The third kappa shape index (κ3) is 5.90. The Balaban J connectivity index is 1.59. The zero-order chi connectivity index (χ0) is 23.5. The highest BCUT2D eigenvalue weighted by Crippen LogP contribution is 2.38. The highest BCUT2D eigenvalue weighted by Gasteiger charge is 2.25. The van der Waals surface area contributed by atoms with E-state index in [2.05, 4.69) is 66.1 Å². The summed E-state index contributed by atoms with van der Waals surface area (Å²) in [5.74, 6) is 0.604. The van der Waals surface area contributed by atoms with Crippen LogP contribution in [0.4, 0.5) is 0 Å². The van der Waals surface area contributed by atoms with Gasteiger partial charge in [-0.15, -0.1) is 0 Å². The van der Waals surface area contributed by atoms with Crippen LogP contribution in [-0.2, 0) is 16.1 Å². The predicted octanol–water partition coefficient (Wildman–Crippen LogP) is 7.24. The van der Waals surface area contributed by atoms with E-state index in [1.54, 1.807) is 18.2 Å². The molecular formula is C24H15BrClI2NO4. The Morgan fingerprint density at radius 1 is 1.15 bits per heavy atom. The minimum absolute atomic E-state index is 0.172. The van der Waals surface area contributed by atoms with Crippen LogP contribution in [0.2, 0.25) is 5.02 Å². The Kier molecular flexibility index (Phi) is 7.98. The number of cyclic esters (lactones) is 1. The first-order chi connectivity index (χ1) is 15.8. The number of aliphatic imine (C=N–C) groups is 1. The molecule has 0 aliphatic carbocycles. The van der Waals surface area contributed by atoms with Crippen molar-refractivity contribution in [1.82, 2.24) is 0 Å². The molecule has 0 saturated carbocycles. The summed E-state index contributed by atoms with van der Waals surface area (Å²) in [5, 5.41) is 0.365. The van der Waals surface area contributed by atoms with Crippen LogP contribution in [0.25, 0.3) is 6.08 Å². The van der Waals surface area contributed by atoms with Crippen molar-refractivity contribution in [3.05, 3.63) is 93.6 Å². The van der Waals surface area contributed by atoms with E-state index in [1.807, 2.05) is 42.5 Å². The van der Waals surface area contributed by atoms with Crippen LogP contribution < -0.4 is 9.47 Å².